The van der Waals surface area contributed by atoms with Gasteiger partial charge in [-0.25, -0.2) is 9.78 Å². The minimum absolute atomic E-state index is 0.0568. The largest absolute Gasteiger partial charge is 0.491 e. The number of carboxylic acids is 1. The number of aryl methyl sites for hydroxylation is 1. The van der Waals surface area contributed by atoms with Crippen molar-refractivity contribution in [3.63, 3.8) is 0 Å². The van der Waals surface area contributed by atoms with Crippen LogP contribution in [-0.4, -0.2) is 27.2 Å². The first kappa shape index (κ1) is 27.2. The van der Waals surface area contributed by atoms with Gasteiger partial charge in [0.25, 0.3) is 5.56 Å². The molecule has 1 N–H and O–H groups in total. The summed E-state index contributed by atoms with van der Waals surface area (Å²) in [6, 6.07) is 12.2. The number of aromatic nitrogens is 2. The maximum atomic E-state index is 13.2. The topological polar surface area (TPSA) is 105 Å². The number of carboxylic acid groups (broad SMARTS) is 1. The number of carbonyl (C=O) groups is 1. The molecule has 0 saturated carbocycles. The van der Waals surface area contributed by atoms with E-state index in [1.165, 1.54) is 23.6 Å². The van der Waals surface area contributed by atoms with Crippen LogP contribution in [0.3, 0.4) is 0 Å². The molecule has 0 fully saturated rings. The zero-order valence-electron chi connectivity index (χ0n) is 20.1. The van der Waals surface area contributed by atoms with E-state index in [1.807, 2.05) is 0 Å². The molecule has 4 rings (SSSR count). The van der Waals surface area contributed by atoms with Crippen LogP contribution in [0.5, 0.6) is 5.75 Å². The Balaban J connectivity index is 1.70. The first-order valence-corrected chi connectivity index (χ1v) is 11.6. The van der Waals surface area contributed by atoms with E-state index in [-0.39, 0.29) is 41.0 Å². The third-order valence-corrected chi connectivity index (χ3v) is 6.18. The SMILES string of the molecule is C#Cc1c(C(=O)O)cccc1-c1cc(Cl)ccc1OCCn1c(C)nc2cc(C(F)(F)F)cc(C#N)c2c1=O. The van der Waals surface area contributed by atoms with Crippen LogP contribution in [-0.2, 0) is 12.7 Å². The second kappa shape index (κ2) is 10.5. The van der Waals surface area contributed by atoms with E-state index in [0.717, 1.165) is 6.07 Å². The number of benzene rings is 3. The van der Waals surface area contributed by atoms with E-state index in [9.17, 15) is 33.1 Å². The van der Waals surface area contributed by atoms with Crippen LogP contribution in [0, 0.1) is 30.6 Å². The van der Waals surface area contributed by atoms with Crippen molar-refractivity contribution in [2.45, 2.75) is 19.6 Å². The summed E-state index contributed by atoms with van der Waals surface area (Å²) >= 11 is 6.19. The average Bonchev–Trinajstić information content (AvgIpc) is 2.89. The maximum Gasteiger partial charge on any atom is 0.416 e. The molecule has 0 amide bonds. The third kappa shape index (κ3) is 5.28. The Morgan fingerprint density at radius 3 is 2.59 bits per heavy atom. The molecule has 39 heavy (non-hydrogen) atoms. The lowest BCUT2D eigenvalue weighted by Crippen LogP contribution is -2.27. The molecule has 0 unspecified atom stereocenters. The minimum Gasteiger partial charge on any atom is -0.491 e. The van der Waals surface area contributed by atoms with Gasteiger partial charge >= 0.3 is 12.1 Å². The van der Waals surface area contributed by atoms with Crippen LogP contribution < -0.4 is 10.3 Å². The lowest BCUT2D eigenvalue weighted by molar-refractivity contribution is -0.137. The third-order valence-electron chi connectivity index (χ3n) is 5.94. The fraction of sp³-hybridized carbons (Fsp3) is 0.143. The standard InChI is InChI=1S/C28H17ClF3N3O4/c1-3-19-20(5-4-6-21(19)27(37)38)22-13-18(29)7-8-24(22)39-10-9-35-15(2)34-23-12-17(28(30,31)32)11-16(14-33)25(23)26(35)36/h1,4-8,11-13H,9-10H2,2H3,(H,37,38). The van der Waals surface area contributed by atoms with E-state index in [4.69, 9.17) is 22.8 Å². The molecule has 0 bridgehead atoms. The first-order valence-electron chi connectivity index (χ1n) is 11.2. The molecule has 0 aliphatic rings. The van der Waals surface area contributed by atoms with Gasteiger partial charge in [-0.1, -0.05) is 29.7 Å². The van der Waals surface area contributed by atoms with Crippen molar-refractivity contribution in [3.05, 3.63) is 92.0 Å². The molecule has 196 valence electrons. The van der Waals surface area contributed by atoms with Crippen LogP contribution in [0.2, 0.25) is 5.02 Å². The molecule has 1 heterocycles. The Labute approximate surface area is 224 Å². The molecule has 0 aliphatic heterocycles. The molecule has 1 aromatic heterocycles. The zero-order valence-corrected chi connectivity index (χ0v) is 20.9. The molecular formula is C28H17ClF3N3O4. The van der Waals surface area contributed by atoms with Crippen molar-refractivity contribution in [1.82, 2.24) is 9.55 Å². The second-order valence-corrected chi connectivity index (χ2v) is 8.75. The summed E-state index contributed by atoms with van der Waals surface area (Å²) in [5, 5.41) is 19.0. The number of terminal acetylenes is 1. The number of aromatic carboxylic acids is 1. The van der Waals surface area contributed by atoms with E-state index in [0.29, 0.717) is 28.0 Å². The van der Waals surface area contributed by atoms with Crippen molar-refractivity contribution in [2.75, 3.05) is 6.61 Å². The van der Waals surface area contributed by atoms with Gasteiger partial charge in [0.1, 0.15) is 24.3 Å². The van der Waals surface area contributed by atoms with E-state index >= 15 is 0 Å². The molecule has 3 aromatic carbocycles. The Kier molecular flexibility index (Phi) is 7.35. The van der Waals surface area contributed by atoms with Gasteiger partial charge in [0.2, 0.25) is 0 Å². The molecular weight excluding hydrogens is 535 g/mol. The van der Waals surface area contributed by atoms with Crippen molar-refractivity contribution in [3.8, 4) is 35.3 Å². The van der Waals surface area contributed by atoms with Crippen LogP contribution in [0.15, 0.2) is 53.3 Å². The van der Waals surface area contributed by atoms with Gasteiger partial charge in [-0.3, -0.25) is 9.36 Å². The fourth-order valence-corrected chi connectivity index (χ4v) is 4.34. The molecule has 11 heteroatoms. The van der Waals surface area contributed by atoms with Crippen molar-refractivity contribution < 1.29 is 27.8 Å². The van der Waals surface area contributed by atoms with Crippen molar-refractivity contribution >= 4 is 28.5 Å². The lowest BCUT2D eigenvalue weighted by atomic mass is 9.95. The number of hydrogen-bond donors (Lipinski definition) is 1. The Bertz CT molecular complexity index is 1780. The summed E-state index contributed by atoms with van der Waals surface area (Å²) in [4.78, 5) is 29.0. The molecule has 0 aliphatic carbocycles. The van der Waals surface area contributed by atoms with E-state index in [2.05, 4.69) is 10.9 Å². The second-order valence-electron chi connectivity index (χ2n) is 8.31. The molecule has 4 aromatic rings. The number of hydrogen-bond acceptors (Lipinski definition) is 5. The highest BCUT2D eigenvalue weighted by molar-refractivity contribution is 6.31. The van der Waals surface area contributed by atoms with Gasteiger partial charge < -0.3 is 9.84 Å². The quantitative estimate of drug-likeness (QED) is 0.309. The number of nitriles is 1. The zero-order chi connectivity index (χ0) is 28.5. The van der Waals surface area contributed by atoms with Crippen LogP contribution in [0.4, 0.5) is 13.2 Å². The van der Waals surface area contributed by atoms with E-state index < -0.39 is 28.8 Å². The monoisotopic (exact) mass is 551 g/mol. The molecule has 0 atom stereocenters. The predicted octanol–water partition coefficient (Wildman–Crippen LogP) is 5.67. The average molecular weight is 552 g/mol. The number of fused-ring (bicyclic) bond motifs is 1. The predicted molar refractivity (Wildman–Crippen MR) is 138 cm³/mol. The lowest BCUT2D eigenvalue weighted by Gasteiger charge is -2.16. The summed E-state index contributed by atoms with van der Waals surface area (Å²) in [5.41, 5.74) is -1.56. The maximum absolute atomic E-state index is 13.2. The molecule has 0 spiro atoms. The Hall–Kier alpha value is -4.80. The van der Waals surface area contributed by atoms with Gasteiger partial charge in [-0.05, 0) is 43.3 Å². The van der Waals surface area contributed by atoms with Crippen molar-refractivity contribution in [1.29, 1.82) is 5.26 Å². The van der Waals surface area contributed by atoms with Gasteiger partial charge in [-0.15, -0.1) is 6.42 Å². The van der Waals surface area contributed by atoms with E-state index in [1.54, 1.807) is 30.3 Å². The molecule has 0 radical (unpaired) electrons. The number of ether oxygens (including phenoxy) is 1. The normalized spacial score (nSPS) is 11.2. The highest BCUT2D eigenvalue weighted by Gasteiger charge is 2.32. The Morgan fingerprint density at radius 1 is 1.21 bits per heavy atom. The highest BCUT2D eigenvalue weighted by atomic mass is 35.5. The summed E-state index contributed by atoms with van der Waals surface area (Å²) in [7, 11) is 0. The number of halogens is 4. The minimum atomic E-state index is -4.71. The fourth-order valence-electron chi connectivity index (χ4n) is 4.17. The van der Waals surface area contributed by atoms with Crippen LogP contribution in [0.1, 0.15) is 32.9 Å². The first-order chi connectivity index (χ1) is 18.5. The van der Waals surface area contributed by atoms with Crippen molar-refractivity contribution in [2.24, 2.45) is 0 Å². The van der Waals surface area contributed by atoms with Gasteiger partial charge in [-0.2, -0.15) is 18.4 Å². The Morgan fingerprint density at radius 2 is 1.95 bits per heavy atom. The smallest absolute Gasteiger partial charge is 0.416 e. The molecule has 0 saturated heterocycles. The molecule has 7 nitrogen and oxygen atoms in total. The van der Waals surface area contributed by atoms with Gasteiger partial charge in [0, 0.05) is 21.7 Å². The van der Waals surface area contributed by atoms with Crippen LogP contribution in [0.25, 0.3) is 22.0 Å². The van der Waals surface area contributed by atoms with Gasteiger partial charge in [0.15, 0.2) is 0 Å². The summed E-state index contributed by atoms with van der Waals surface area (Å²) in [5.74, 6) is 1.62. The summed E-state index contributed by atoms with van der Waals surface area (Å²) in [6.07, 6.45) is 0.898. The van der Waals surface area contributed by atoms with Crippen LogP contribution >= 0.6 is 11.6 Å². The number of rotatable bonds is 6. The van der Waals surface area contributed by atoms with Gasteiger partial charge in [0.05, 0.1) is 34.1 Å². The number of nitrogens with zero attached hydrogens (tertiary/aromatic N) is 3. The summed E-state index contributed by atoms with van der Waals surface area (Å²) < 4.78 is 46.8. The summed E-state index contributed by atoms with van der Waals surface area (Å²) in [6.45, 7) is 1.31. The number of alkyl halides is 3. The highest BCUT2D eigenvalue weighted by Crippen LogP contribution is 2.36.